The van der Waals surface area contributed by atoms with Crippen LogP contribution < -0.4 is 5.32 Å². The van der Waals surface area contributed by atoms with Gasteiger partial charge >= 0.3 is 0 Å². The second-order valence-corrected chi connectivity index (χ2v) is 5.07. The predicted octanol–water partition coefficient (Wildman–Crippen LogP) is 2.15. The number of aromatic nitrogens is 2. The summed E-state index contributed by atoms with van der Waals surface area (Å²) in [5.41, 5.74) is 1.75. The molecule has 1 aliphatic heterocycles. The molecule has 1 aliphatic rings. The molecule has 5 nitrogen and oxygen atoms in total. The van der Waals surface area contributed by atoms with Crippen molar-refractivity contribution in [2.45, 2.75) is 13.0 Å². The number of halogens is 2. The summed E-state index contributed by atoms with van der Waals surface area (Å²) < 4.78 is 1.92. The Morgan fingerprint density at radius 2 is 2.00 bits per heavy atom. The lowest BCUT2D eigenvalue weighted by atomic mass is 10.1. The Balaban J connectivity index is 0.00000121. The third-order valence-corrected chi connectivity index (χ3v) is 3.68. The van der Waals surface area contributed by atoms with Crippen molar-refractivity contribution in [2.75, 3.05) is 19.6 Å². The number of rotatable bonds is 2. The summed E-state index contributed by atoms with van der Waals surface area (Å²) in [6, 6.07) is 7.90. The molecule has 0 bridgehead atoms. The van der Waals surface area contributed by atoms with E-state index in [4.69, 9.17) is 0 Å². The molecule has 1 fully saturated rings. The zero-order valence-corrected chi connectivity index (χ0v) is 13.9. The molecule has 1 aromatic heterocycles. The van der Waals surface area contributed by atoms with E-state index >= 15 is 0 Å². The second-order valence-electron chi connectivity index (χ2n) is 5.07. The normalized spacial score (nSPS) is 17.3. The first-order chi connectivity index (χ1) is 9.75. The highest BCUT2D eigenvalue weighted by atomic mass is 35.5. The van der Waals surface area contributed by atoms with Crippen LogP contribution in [-0.4, -0.2) is 46.0 Å². The minimum Gasteiger partial charge on any atom is -0.333 e. The molecule has 0 spiro atoms. The van der Waals surface area contributed by atoms with E-state index < -0.39 is 0 Å². The maximum atomic E-state index is 12.5. The summed E-state index contributed by atoms with van der Waals surface area (Å²) in [6.07, 6.45) is 5.37. The largest absolute Gasteiger partial charge is 0.333 e. The van der Waals surface area contributed by atoms with E-state index in [1.54, 1.807) is 12.5 Å². The van der Waals surface area contributed by atoms with Crippen molar-refractivity contribution in [1.29, 1.82) is 0 Å². The summed E-state index contributed by atoms with van der Waals surface area (Å²) in [5, 5.41) is 3.29. The first-order valence-electron chi connectivity index (χ1n) is 6.86. The lowest BCUT2D eigenvalue weighted by Gasteiger charge is -2.34. The van der Waals surface area contributed by atoms with Gasteiger partial charge in [-0.3, -0.25) is 4.79 Å². The minimum atomic E-state index is 0. The van der Waals surface area contributed by atoms with Gasteiger partial charge in [0.15, 0.2) is 0 Å². The number of amides is 1. The Labute approximate surface area is 142 Å². The fourth-order valence-corrected chi connectivity index (χ4v) is 2.50. The number of benzene rings is 1. The topological polar surface area (TPSA) is 50.2 Å². The number of piperazine rings is 1. The van der Waals surface area contributed by atoms with Gasteiger partial charge in [-0.2, -0.15) is 0 Å². The molecule has 1 atom stereocenters. The maximum absolute atomic E-state index is 12.5. The van der Waals surface area contributed by atoms with Gasteiger partial charge in [-0.25, -0.2) is 4.98 Å². The molecule has 2 heterocycles. The summed E-state index contributed by atoms with van der Waals surface area (Å²) in [5.74, 6) is 0.108. The fraction of sp³-hybridized carbons (Fsp3) is 0.333. The van der Waals surface area contributed by atoms with Crippen LogP contribution in [0, 0.1) is 0 Å². The van der Waals surface area contributed by atoms with Gasteiger partial charge in [-0.05, 0) is 31.2 Å². The smallest absolute Gasteiger partial charge is 0.254 e. The number of hydrogen-bond donors (Lipinski definition) is 1. The number of imidazole rings is 1. The molecule has 1 saturated heterocycles. The highest BCUT2D eigenvalue weighted by molar-refractivity contribution is 5.94. The summed E-state index contributed by atoms with van der Waals surface area (Å²) >= 11 is 0. The summed E-state index contributed by atoms with van der Waals surface area (Å²) in [7, 11) is 0. The van der Waals surface area contributed by atoms with E-state index in [0.29, 0.717) is 0 Å². The van der Waals surface area contributed by atoms with E-state index in [1.165, 1.54) is 0 Å². The van der Waals surface area contributed by atoms with E-state index in [2.05, 4.69) is 17.2 Å². The van der Waals surface area contributed by atoms with Crippen LogP contribution in [0.25, 0.3) is 5.69 Å². The average Bonchev–Trinajstić information content (AvgIpc) is 3.01. The average molecular weight is 343 g/mol. The third-order valence-electron chi connectivity index (χ3n) is 3.68. The van der Waals surface area contributed by atoms with Gasteiger partial charge in [-0.15, -0.1) is 24.8 Å². The van der Waals surface area contributed by atoms with Gasteiger partial charge in [-0.1, -0.05) is 0 Å². The highest BCUT2D eigenvalue weighted by Gasteiger charge is 2.23. The van der Waals surface area contributed by atoms with Crippen molar-refractivity contribution in [3.05, 3.63) is 48.5 Å². The van der Waals surface area contributed by atoms with Crippen LogP contribution in [0.5, 0.6) is 0 Å². The van der Waals surface area contributed by atoms with Crippen molar-refractivity contribution in [3.8, 4) is 5.69 Å². The first kappa shape index (κ1) is 18.5. The van der Waals surface area contributed by atoms with Gasteiger partial charge in [0.2, 0.25) is 0 Å². The van der Waals surface area contributed by atoms with Crippen LogP contribution in [0.15, 0.2) is 43.0 Å². The van der Waals surface area contributed by atoms with Gasteiger partial charge in [0.25, 0.3) is 5.91 Å². The van der Waals surface area contributed by atoms with Crippen LogP contribution in [-0.2, 0) is 0 Å². The van der Waals surface area contributed by atoms with Crippen LogP contribution in [0.3, 0.4) is 0 Å². The van der Waals surface area contributed by atoms with Crippen molar-refractivity contribution in [3.63, 3.8) is 0 Å². The molecule has 0 saturated carbocycles. The van der Waals surface area contributed by atoms with Gasteiger partial charge in [0.05, 0.1) is 6.33 Å². The number of carbonyl (C=O) groups is 1. The monoisotopic (exact) mass is 342 g/mol. The standard InChI is InChI=1S/C15H18N4O.2ClH/c1-12-10-16-7-9-19(12)15(20)13-2-4-14(5-3-13)18-8-6-17-11-18;;/h2-6,8,11-12,16H,7,9-10H2,1H3;2*1H. The first-order valence-corrected chi connectivity index (χ1v) is 6.86. The van der Waals surface area contributed by atoms with Crippen LogP contribution in [0.1, 0.15) is 17.3 Å². The van der Waals surface area contributed by atoms with E-state index in [9.17, 15) is 4.79 Å². The molecule has 1 aromatic carbocycles. The minimum absolute atomic E-state index is 0. The Morgan fingerprint density at radius 1 is 1.27 bits per heavy atom. The van der Waals surface area contributed by atoms with E-state index in [1.807, 2.05) is 39.9 Å². The van der Waals surface area contributed by atoms with E-state index in [-0.39, 0.29) is 36.8 Å². The van der Waals surface area contributed by atoms with Gasteiger partial charge < -0.3 is 14.8 Å². The quantitative estimate of drug-likeness (QED) is 0.909. The zero-order chi connectivity index (χ0) is 13.9. The molecule has 22 heavy (non-hydrogen) atoms. The molecular formula is C15H20Cl2N4O. The number of nitrogens with one attached hydrogen (secondary N) is 1. The van der Waals surface area contributed by atoms with Crippen molar-refractivity contribution >= 4 is 30.7 Å². The Kier molecular flexibility index (Phi) is 6.87. The maximum Gasteiger partial charge on any atom is 0.254 e. The molecule has 1 unspecified atom stereocenters. The third kappa shape index (κ3) is 3.80. The molecule has 120 valence electrons. The Hall–Kier alpha value is -1.56. The Bertz CT molecular complexity index is 586. The molecule has 1 N–H and O–H groups in total. The molecule has 0 radical (unpaired) electrons. The van der Waals surface area contributed by atoms with Crippen LogP contribution in [0.4, 0.5) is 0 Å². The molecule has 0 aliphatic carbocycles. The van der Waals surface area contributed by atoms with Crippen molar-refractivity contribution in [1.82, 2.24) is 19.8 Å². The lowest BCUT2D eigenvalue weighted by molar-refractivity contribution is 0.0656. The highest BCUT2D eigenvalue weighted by Crippen LogP contribution is 2.13. The van der Waals surface area contributed by atoms with Crippen LogP contribution in [0.2, 0.25) is 0 Å². The zero-order valence-electron chi connectivity index (χ0n) is 12.3. The predicted molar refractivity (Wildman–Crippen MR) is 91.4 cm³/mol. The summed E-state index contributed by atoms with van der Waals surface area (Å²) in [4.78, 5) is 18.4. The SMILES string of the molecule is CC1CNCCN1C(=O)c1ccc(-n2ccnc2)cc1.Cl.Cl. The fourth-order valence-electron chi connectivity index (χ4n) is 2.50. The molecule has 3 rings (SSSR count). The molecule has 1 amide bonds. The Morgan fingerprint density at radius 3 is 2.59 bits per heavy atom. The lowest BCUT2D eigenvalue weighted by Crippen LogP contribution is -2.52. The van der Waals surface area contributed by atoms with Gasteiger partial charge in [0.1, 0.15) is 0 Å². The summed E-state index contributed by atoms with van der Waals surface area (Å²) in [6.45, 7) is 4.56. The number of hydrogen-bond acceptors (Lipinski definition) is 3. The number of nitrogens with zero attached hydrogens (tertiary/aromatic N) is 3. The van der Waals surface area contributed by atoms with Crippen LogP contribution >= 0.6 is 24.8 Å². The van der Waals surface area contributed by atoms with E-state index in [0.717, 1.165) is 30.9 Å². The van der Waals surface area contributed by atoms with Crippen molar-refractivity contribution in [2.24, 2.45) is 0 Å². The number of carbonyl (C=O) groups excluding carboxylic acids is 1. The van der Waals surface area contributed by atoms with Crippen molar-refractivity contribution < 1.29 is 4.79 Å². The second kappa shape index (κ2) is 8.17. The molecule has 7 heteroatoms. The van der Waals surface area contributed by atoms with Gasteiger partial charge in [0, 0.05) is 49.3 Å². The molecule has 2 aromatic rings. The molecular weight excluding hydrogens is 323 g/mol.